The van der Waals surface area contributed by atoms with Crippen molar-refractivity contribution in [3.8, 4) is 11.5 Å². The number of rotatable bonds is 4. The van der Waals surface area contributed by atoms with E-state index in [0.29, 0.717) is 11.3 Å². The minimum Gasteiger partial charge on any atom is -0.508 e. The summed E-state index contributed by atoms with van der Waals surface area (Å²) in [4.78, 5) is 11.1. The van der Waals surface area contributed by atoms with Crippen LogP contribution in [0.15, 0.2) is 42.5 Å². The monoisotopic (exact) mass is 258 g/mol. The SMILES string of the molecule is Cc1ccc(OCc2ccc(O)cc2C(=O)O)cc1. The average Bonchev–Trinajstić information content (AvgIpc) is 2.39. The van der Waals surface area contributed by atoms with Gasteiger partial charge in [0.05, 0.1) is 5.56 Å². The maximum atomic E-state index is 11.1. The smallest absolute Gasteiger partial charge is 0.336 e. The highest BCUT2D eigenvalue weighted by molar-refractivity contribution is 5.89. The Morgan fingerprint density at radius 3 is 2.47 bits per heavy atom. The van der Waals surface area contributed by atoms with Crippen molar-refractivity contribution in [1.82, 2.24) is 0 Å². The Labute approximate surface area is 110 Å². The number of phenols is 1. The Hall–Kier alpha value is -2.49. The largest absolute Gasteiger partial charge is 0.508 e. The molecule has 0 atom stereocenters. The molecule has 2 aromatic rings. The van der Waals surface area contributed by atoms with E-state index in [4.69, 9.17) is 9.84 Å². The van der Waals surface area contributed by atoms with Crippen molar-refractivity contribution >= 4 is 5.97 Å². The maximum absolute atomic E-state index is 11.1. The Balaban J connectivity index is 2.15. The third-order valence-electron chi connectivity index (χ3n) is 2.74. The standard InChI is InChI=1S/C15H14O4/c1-10-2-6-13(7-3-10)19-9-11-4-5-12(16)8-14(11)15(17)18/h2-8,16H,9H2,1H3,(H,17,18). The predicted octanol–water partition coefficient (Wildman–Crippen LogP) is 2.98. The number of benzene rings is 2. The topological polar surface area (TPSA) is 66.8 Å². The summed E-state index contributed by atoms with van der Waals surface area (Å²) >= 11 is 0. The first-order valence-electron chi connectivity index (χ1n) is 5.81. The molecule has 0 bridgehead atoms. The molecule has 0 heterocycles. The molecular formula is C15H14O4. The number of carbonyl (C=O) groups is 1. The van der Waals surface area contributed by atoms with E-state index in [0.717, 1.165) is 5.56 Å². The van der Waals surface area contributed by atoms with Crippen molar-refractivity contribution in [3.63, 3.8) is 0 Å². The lowest BCUT2D eigenvalue weighted by Gasteiger charge is -2.09. The van der Waals surface area contributed by atoms with Gasteiger partial charge in [-0.1, -0.05) is 23.8 Å². The minimum absolute atomic E-state index is 0.0483. The number of ether oxygens (including phenoxy) is 1. The zero-order valence-electron chi connectivity index (χ0n) is 10.5. The highest BCUT2D eigenvalue weighted by Gasteiger charge is 2.11. The van der Waals surface area contributed by atoms with Crippen LogP contribution in [0.2, 0.25) is 0 Å². The van der Waals surface area contributed by atoms with Crippen LogP contribution in [-0.2, 0) is 6.61 Å². The first-order chi connectivity index (χ1) is 9.06. The summed E-state index contributed by atoms with van der Waals surface area (Å²) in [5.41, 5.74) is 1.70. The van der Waals surface area contributed by atoms with Crippen molar-refractivity contribution in [2.24, 2.45) is 0 Å². The number of carboxylic acids is 1. The molecule has 19 heavy (non-hydrogen) atoms. The molecule has 0 fully saturated rings. The molecule has 4 nitrogen and oxygen atoms in total. The molecule has 0 aliphatic heterocycles. The Bertz CT molecular complexity index is 588. The van der Waals surface area contributed by atoms with Gasteiger partial charge in [0.1, 0.15) is 18.1 Å². The molecule has 98 valence electrons. The van der Waals surface area contributed by atoms with E-state index in [1.807, 2.05) is 31.2 Å². The Morgan fingerprint density at radius 2 is 1.84 bits per heavy atom. The van der Waals surface area contributed by atoms with Crippen LogP contribution in [0.3, 0.4) is 0 Å². The third kappa shape index (κ3) is 3.25. The molecule has 0 radical (unpaired) electrons. The number of aromatic carboxylic acids is 1. The van der Waals surface area contributed by atoms with Crippen molar-refractivity contribution < 1.29 is 19.7 Å². The Kier molecular flexibility index (Phi) is 3.71. The normalized spacial score (nSPS) is 10.2. The van der Waals surface area contributed by atoms with Gasteiger partial charge in [-0.25, -0.2) is 4.79 Å². The summed E-state index contributed by atoms with van der Waals surface area (Å²) in [6.45, 7) is 2.12. The van der Waals surface area contributed by atoms with Crippen molar-refractivity contribution in [2.45, 2.75) is 13.5 Å². The second-order valence-corrected chi connectivity index (χ2v) is 4.25. The highest BCUT2D eigenvalue weighted by Crippen LogP contribution is 2.19. The summed E-state index contributed by atoms with van der Waals surface area (Å²) in [5.74, 6) is -0.482. The first kappa shape index (κ1) is 13.0. The lowest BCUT2D eigenvalue weighted by atomic mass is 10.1. The fraction of sp³-hybridized carbons (Fsp3) is 0.133. The van der Waals surface area contributed by atoms with Gasteiger partial charge in [0, 0.05) is 5.56 Å². The van der Waals surface area contributed by atoms with Crippen LogP contribution in [0.4, 0.5) is 0 Å². The van der Waals surface area contributed by atoms with Crippen LogP contribution < -0.4 is 4.74 Å². The van der Waals surface area contributed by atoms with E-state index in [1.54, 1.807) is 6.07 Å². The number of hydrogen-bond donors (Lipinski definition) is 2. The van der Waals surface area contributed by atoms with Gasteiger partial charge in [0.25, 0.3) is 0 Å². The van der Waals surface area contributed by atoms with E-state index in [2.05, 4.69) is 0 Å². The van der Waals surface area contributed by atoms with E-state index < -0.39 is 5.97 Å². The summed E-state index contributed by atoms with van der Waals surface area (Å²) in [7, 11) is 0. The van der Waals surface area contributed by atoms with Gasteiger partial charge in [-0.2, -0.15) is 0 Å². The van der Waals surface area contributed by atoms with E-state index in [9.17, 15) is 9.90 Å². The van der Waals surface area contributed by atoms with Crippen molar-refractivity contribution in [1.29, 1.82) is 0 Å². The average molecular weight is 258 g/mol. The lowest BCUT2D eigenvalue weighted by molar-refractivity contribution is 0.0693. The maximum Gasteiger partial charge on any atom is 0.336 e. The molecule has 0 aliphatic carbocycles. The van der Waals surface area contributed by atoms with Crippen LogP contribution in [0, 0.1) is 6.92 Å². The van der Waals surface area contributed by atoms with Gasteiger partial charge in [-0.15, -0.1) is 0 Å². The van der Waals surface area contributed by atoms with Gasteiger partial charge in [0.2, 0.25) is 0 Å². The minimum atomic E-state index is -1.08. The molecule has 0 spiro atoms. The zero-order valence-corrected chi connectivity index (χ0v) is 10.5. The van der Waals surface area contributed by atoms with Crippen LogP contribution in [-0.4, -0.2) is 16.2 Å². The number of carboxylic acid groups (broad SMARTS) is 1. The van der Waals surface area contributed by atoms with Crippen LogP contribution in [0.25, 0.3) is 0 Å². The second-order valence-electron chi connectivity index (χ2n) is 4.25. The molecular weight excluding hydrogens is 244 g/mol. The fourth-order valence-electron chi connectivity index (χ4n) is 1.68. The molecule has 0 unspecified atom stereocenters. The van der Waals surface area contributed by atoms with Crippen LogP contribution >= 0.6 is 0 Å². The lowest BCUT2D eigenvalue weighted by Crippen LogP contribution is -2.05. The molecule has 4 heteroatoms. The molecule has 2 N–H and O–H groups in total. The zero-order chi connectivity index (χ0) is 13.8. The highest BCUT2D eigenvalue weighted by atomic mass is 16.5. The van der Waals surface area contributed by atoms with E-state index in [1.165, 1.54) is 12.1 Å². The summed E-state index contributed by atoms with van der Waals surface area (Å²) in [6, 6.07) is 11.7. The molecule has 0 saturated heterocycles. The quantitative estimate of drug-likeness (QED) is 0.884. The molecule has 2 rings (SSSR count). The Morgan fingerprint density at radius 1 is 1.16 bits per heavy atom. The van der Waals surface area contributed by atoms with Crippen molar-refractivity contribution in [3.05, 3.63) is 59.2 Å². The summed E-state index contributed by atoms with van der Waals surface area (Å²) < 4.78 is 5.53. The second kappa shape index (κ2) is 5.44. The molecule has 0 aromatic heterocycles. The summed E-state index contributed by atoms with van der Waals surface area (Å²) in [6.07, 6.45) is 0. The number of hydrogen-bond acceptors (Lipinski definition) is 3. The van der Waals surface area contributed by atoms with E-state index >= 15 is 0 Å². The number of aromatic hydroxyl groups is 1. The molecule has 0 aliphatic rings. The van der Waals surface area contributed by atoms with Gasteiger partial charge >= 0.3 is 5.97 Å². The van der Waals surface area contributed by atoms with Crippen LogP contribution in [0.5, 0.6) is 11.5 Å². The number of aryl methyl sites for hydroxylation is 1. The molecule has 0 amide bonds. The number of phenolic OH excluding ortho intramolecular Hbond substituents is 1. The van der Waals surface area contributed by atoms with Crippen LogP contribution in [0.1, 0.15) is 21.5 Å². The first-order valence-corrected chi connectivity index (χ1v) is 5.81. The third-order valence-corrected chi connectivity index (χ3v) is 2.74. The fourth-order valence-corrected chi connectivity index (χ4v) is 1.68. The van der Waals surface area contributed by atoms with Gasteiger partial charge in [-0.3, -0.25) is 0 Å². The van der Waals surface area contributed by atoms with Crippen molar-refractivity contribution in [2.75, 3.05) is 0 Å². The van der Waals surface area contributed by atoms with E-state index in [-0.39, 0.29) is 17.9 Å². The van der Waals surface area contributed by atoms with Gasteiger partial charge in [0.15, 0.2) is 0 Å². The molecule has 0 saturated carbocycles. The van der Waals surface area contributed by atoms with Gasteiger partial charge < -0.3 is 14.9 Å². The molecule has 2 aromatic carbocycles. The predicted molar refractivity (Wildman–Crippen MR) is 70.6 cm³/mol. The van der Waals surface area contributed by atoms with Gasteiger partial charge in [-0.05, 0) is 31.2 Å². The summed E-state index contributed by atoms with van der Waals surface area (Å²) in [5, 5.41) is 18.4.